The van der Waals surface area contributed by atoms with Gasteiger partial charge in [0.1, 0.15) is 0 Å². The van der Waals surface area contributed by atoms with Gasteiger partial charge in [0, 0.05) is 19.0 Å². The number of hydrogen-bond acceptors (Lipinski definition) is 2. The minimum atomic E-state index is -1.01. The molecule has 0 radical (unpaired) electrons. The quantitative estimate of drug-likeness (QED) is 0.575. The third kappa shape index (κ3) is 2.61. The lowest BCUT2D eigenvalue weighted by Gasteiger charge is -2.09. The second-order valence-electron chi connectivity index (χ2n) is 3.27. The Morgan fingerprint density at radius 3 is 2.62 bits per heavy atom. The molecular weight excluding hydrogens is 172 g/mol. The summed E-state index contributed by atoms with van der Waals surface area (Å²) >= 11 is 0. The summed E-state index contributed by atoms with van der Waals surface area (Å²) in [6.45, 7) is 0. The van der Waals surface area contributed by atoms with Crippen molar-refractivity contribution in [2.75, 3.05) is 7.05 Å². The molecule has 0 aromatic rings. The first-order chi connectivity index (χ1) is 6.13. The Morgan fingerprint density at radius 2 is 2.08 bits per heavy atom. The molecule has 1 aliphatic carbocycles. The molecule has 3 N–H and O–H groups in total. The van der Waals surface area contributed by atoms with Gasteiger partial charge in [0.2, 0.25) is 5.91 Å². The van der Waals surface area contributed by atoms with E-state index in [0.717, 1.165) is 12.8 Å². The average Bonchev–Trinajstić information content (AvgIpc) is 2.50. The fourth-order valence-corrected chi connectivity index (χ4v) is 1.73. The summed E-state index contributed by atoms with van der Waals surface area (Å²) in [6, 6.07) is -0.0557. The number of nitrogens with one attached hydrogen (secondary N) is 2. The Morgan fingerprint density at radius 1 is 1.38 bits per heavy atom. The molecule has 0 heterocycles. The van der Waals surface area contributed by atoms with Crippen molar-refractivity contribution in [3.05, 3.63) is 0 Å². The molecule has 5 heteroatoms. The van der Waals surface area contributed by atoms with Gasteiger partial charge in [0.15, 0.2) is 0 Å². The maximum atomic E-state index is 11.2. The molecular formula is C8H14N2O3. The molecule has 1 rings (SSSR count). The first-order valence-corrected chi connectivity index (χ1v) is 4.34. The van der Waals surface area contributed by atoms with E-state index in [-0.39, 0.29) is 17.9 Å². The normalized spacial score (nSPS) is 26.8. The molecule has 5 nitrogen and oxygen atoms in total. The van der Waals surface area contributed by atoms with Crippen molar-refractivity contribution in [1.29, 1.82) is 0 Å². The van der Waals surface area contributed by atoms with E-state index >= 15 is 0 Å². The third-order valence-corrected chi connectivity index (χ3v) is 2.38. The van der Waals surface area contributed by atoms with Crippen LogP contribution >= 0.6 is 0 Å². The zero-order valence-corrected chi connectivity index (χ0v) is 7.54. The van der Waals surface area contributed by atoms with Crippen LogP contribution in [-0.2, 0) is 4.79 Å². The summed E-state index contributed by atoms with van der Waals surface area (Å²) in [6.07, 6.45) is 1.13. The summed E-state index contributed by atoms with van der Waals surface area (Å²) in [7, 11) is 1.60. The Bertz CT molecular complexity index is 217. The Labute approximate surface area is 76.5 Å². The summed E-state index contributed by atoms with van der Waals surface area (Å²) in [5.74, 6) is -0.0171. The molecule has 2 atom stereocenters. The zero-order chi connectivity index (χ0) is 9.84. The second kappa shape index (κ2) is 4.11. The van der Waals surface area contributed by atoms with Crippen molar-refractivity contribution in [1.82, 2.24) is 10.6 Å². The average molecular weight is 186 g/mol. The van der Waals surface area contributed by atoms with E-state index in [1.54, 1.807) is 7.05 Å². The van der Waals surface area contributed by atoms with Crippen molar-refractivity contribution in [3.8, 4) is 0 Å². The van der Waals surface area contributed by atoms with Gasteiger partial charge >= 0.3 is 6.09 Å². The predicted molar refractivity (Wildman–Crippen MR) is 46.4 cm³/mol. The van der Waals surface area contributed by atoms with Crippen molar-refractivity contribution >= 4 is 12.0 Å². The number of rotatable bonds is 2. The Kier molecular flexibility index (Phi) is 3.11. The van der Waals surface area contributed by atoms with E-state index in [0.29, 0.717) is 6.42 Å². The second-order valence-corrected chi connectivity index (χ2v) is 3.27. The summed E-state index contributed by atoms with van der Waals surface area (Å²) in [4.78, 5) is 21.4. The van der Waals surface area contributed by atoms with E-state index in [9.17, 15) is 9.59 Å². The highest BCUT2D eigenvalue weighted by molar-refractivity contribution is 5.78. The molecule has 0 aromatic heterocycles. The van der Waals surface area contributed by atoms with Crippen LogP contribution in [0.5, 0.6) is 0 Å². The Balaban J connectivity index is 2.36. The molecule has 1 saturated carbocycles. The fourth-order valence-electron chi connectivity index (χ4n) is 1.73. The standard InChI is InChI=1S/C8H14N2O3/c1-9-7(11)5-2-3-6(4-5)10-8(12)13/h5-6,10H,2-4H2,1H3,(H,9,11)(H,12,13)/t5-,6-/m0/s1. The minimum absolute atomic E-state index is 0.00897. The van der Waals surface area contributed by atoms with Crippen molar-refractivity contribution in [2.24, 2.45) is 5.92 Å². The van der Waals surface area contributed by atoms with Gasteiger partial charge in [0.25, 0.3) is 0 Å². The van der Waals surface area contributed by atoms with Gasteiger partial charge < -0.3 is 15.7 Å². The van der Waals surface area contributed by atoms with Crippen LogP contribution in [0.1, 0.15) is 19.3 Å². The lowest BCUT2D eigenvalue weighted by atomic mass is 10.1. The van der Waals surface area contributed by atoms with Crippen LogP contribution in [0.25, 0.3) is 0 Å². The number of amides is 2. The van der Waals surface area contributed by atoms with Crippen molar-refractivity contribution in [3.63, 3.8) is 0 Å². The van der Waals surface area contributed by atoms with Gasteiger partial charge in [-0.25, -0.2) is 4.79 Å². The topological polar surface area (TPSA) is 78.4 Å². The molecule has 0 saturated heterocycles. The molecule has 13 heavy (non-hydrogen) atoms. The largest absolute Gasteiger partial charge is 0.465 e. The van der Waals surface area contributed by atoms with Crippen LogP contribution in [0.2, 0.25) is 0 Å². The van der Waals surface area contributed by atoms with Crippen molar-refractivity contribution < 1.29 is 14.7 Å². The molecule has 74 valence electrons. The van der Waals surface area contributed by atoms with E-state index in [1.165, 1.54) is 0 Å². The molecule has 2 amide bonds. The number of carbonyl (C=O) groups is 2. The lowest BCUT2D eigenvalue weighted by molar-refractivity contribution is -0.124. The third-order valence-electron chi connectivity index (χ3n) is 2.38. The lowest BCUT2D eigenvalue weighted by Crippen LogP contribution is -2.33. The molecule has 0 unspecified atom stereocenters. The monoisotopic (exact) mass is 186 g/mol. The fraction of sp³-hybridized carbons (Fsp3) is 0.750. The van der Waals surface area contributed by atoms with Gasteiger partial charge in [-0.15, -0.1) is 0 Å². The molecule has 0 spiro atoms. The highest BCUT2D eigenvalue weighted by Crippen LogP contribution is 2.25. The molecule has 1 fully saturated rings. The molecule has 1 aliphatic rings. The summed E-state index contributed by atoms with van der Waals surface area (Å²) < 4.78 is 0. The van der Waals surface area contributed by atoms with Gasteiger partial charge in [-0.1, -0.05) is 0 Å². The van der Waals surface area contributed by atoms with Crippen molar-refractivity contribution in [2.45, 2.75) is 25.3 Å². The summed E-state index contributed by atoms with van der Waals surface area (Å²) in [5.41, 5.74) is 0. The van der Waals surface area contributed by atoms with Gasteiger partial charge in [-0.2, -0.15) is 0 Å². The first kappa shape index (κ1) is 9.83. The summed E-state index contributed by atoms with van der Waals surface area (Å²) in [5, 5.41) is 13.4. The number of carbonyl (C=O) groups excluding carboxylic acids is 1. The molecule has 0 bridgehead atoms. The minimum Gasteiger partial charge on any atom is -0.465 e. The number of hydrogen-bond donors (Lipinski definition) is 3. The molecule has 0 aromatic carbocycles. The SMILES string of the molecule is CNC(=O)[C@H]1CC[C@H](NC(=O)O)C1. The van der Waals surface area contributed by atoms with Crippen LogP contribution in [0.15, 0.2) is 0 Å². The maximum Gasteiger partial charge on any atom is 0.404 e. The zero-order valence-electron chi connectivity index (χ0n) is 7.54. The van der Waals surface area contributed by atoms with Gasteiger partial charge in [-0.3, -0.25) is 4.79 Å². The smallest absolute Gasteiger partial charge is 0.404 e. The van der Waals surface area contributed by atoms with Crippen LogP contribution in [0.4, 0.5) is 4.79 Å². The van der Waals surface area contributed by atoms with Crippen LogP contribution in [0, 0.1) is 5.92 Å². The number of carboxylic acid groups (broad SMARTS) is 1. The van der Waals surface area contributed by atoms with Crippen LogP contribution < -0.4 is 10.6 Å². The maximum absolute atomic E-state index is 11.2. The van der Waals surface area contributed by atoms with E-state index in [2.05, 4.69) is 10.6 Å². The van der Waals surface area contributed by atoms with E-state index in [1.807, 2.05) is 0 Å². The van der Waals surface area contributed by atoms with Gasteiger partial charge in [0.05, 0.1) is 0 Å². The van der Waals surface area contributed by atoms with Crippen LogP contribution in [-0.4, -0.2) is 30.2 Å². The van der Waals surface area contributed by atoms with Crippen LogP contribution in [0.3, 0.4) is 0 Å². The Hall–Kier alpha value is -1.26. The van der Waals surface area contributed by atoms with E-state index < -0.39 is 6.09 Å². The first-order valence-electron chi connectivity index (χ1n) is 4.34. The van der Waals surface area contributed by atoms with E-state index in [4.69, 9.17) is 5.11 Å². The predicted octanol–water partition coefficient (Wildman–Crippen LogP) is 0.169. The molecule has 0 aliphatic heterocycles. The van der Waals surface area contributed by atoms with Gasteiger partial charge in [-0.05, 0) is 19.3 Å². The highest BCUT2D eigenvalue weighted by atomic mass is 16.4. The highest BCUT2D eigenvalue weighted by Gasteiger charge is 2.29.